The number of rotatable bonds is 3. The summed E-state index contributed by atoms with van der Waals surface area (Å²) < 4.78 is 5.64. The Kier molecular flexibility index (Phi) is 4.46. The predicted molar refractivity (Wildman–Crippen MR) is 95.6 cm³/mol. The topological polar surface area (TPSA) is 61.8 Å². The van der Waals surface area contributed by atoms with Crippen LogP contribution in [-0.2, 0) is 24.2 Å². The van der Waals surface area contributed by atoms with Crippen molar-refractivity contribution < 1.29 is 14.6 Å². The molecule has 2 atom stereocenters. The number of benzene rings is 1. The van der Waals surface area contributed by atoms with Crippen LogP contribution >= 0.6 is 0 Å². The average molecular weight is 344 g/mol. The summed E-state index contributed by atoms with van der Waals surface area (Å²) in [5.41, 5.74) is 3.42. The first kappa shape index (κ1) is 16.9. The monoisotopic (exact) mass is 344 g/mol. The molecule has 0 saturated carbocycles. The number of fused-ring (bicyclic) bond motifs is 1. The van der Waals surface area contributed by atoms with Crippen LogP contribution in [-0.4, -0.2) is 48.8 Å². The van der Waals surface area contributed by atoms with Gasteiger partial charge in [0.15, 0.2) is 0 Å². The molecule has 1 aliphatic carbocycles. The van der Waals surface area contributed by atoms with Gasteiger partial charge in [-0.2, -0.15) is 0 Å². The summed E-state index contributed by atoms with van der Waals surface area (Å²) in [6, 6.07) is 4.49. The number of likely N-dealkylation sites (tertiary alicyclic amines) is 1. The highest BCUT2D eigenvalue weighted by Gasteiger charge is 2.49. The number of amides is 1. The lowest BCUT2D eigenvalue weighted by Crippen LogP contribution is -2.61. The third-order valence-corrected chi connectivity index (χ3v) is 6.29. The van der Waals surface area contributed by atoms with E-state index in [1.165, 1.54) is 23.1 Å². The van der Waals surface area contributed by atoms with Crippen LogP contribution in [0.25, 0.3) is 0 Å². The number of nitrogens with zero attached hydrogens (tertiary/aromatic N) is 1. The van der Waals surface area contributed by atoms with E-state index in [4.69, 9.17) is 4.74 Å². The average Bonchev–Trinajstić information content (AvgIpc) is 3.07. The molecule has 5 heteroatoms. The smallest absolute Gasteiger partial charge is 0.230 e. The molecule has 0 radical (unpaired) electrons. The molecule has 0 bridgehead atoms. The second-order valence-corrected chi connectivity index (χ2v) is 7.82. The first-order chi connectivity index (χ1) is 12.1. The molecule has 0 unspecified atom stereocenters. The molecule has 3 aliphatic rings. The van der Waals surface area contributed by atoms with E-state index in [2.05, 4.69) is 22.3 Å². The number of piperidine rings is 2. The molecule has 5 nitrogen and oxygen atoms in total. The number of hydrogen-bond acceptors (Lipinski definition) is 4. The van der Waals surface area contributed by atoms with Gasteiger partial charge in [0.2, 0.25) is 5.91 Å². The number of aliphatic hydroxyl groups is 1. The van der Waals surface area contributed by atoms with Crippen LogP contribution < -0.4 is 10.1 Å². The van der Waals surface area contributed by atoms with Crippen molar-refractivity contribution in [2.24, 2.45) is 5.41 Å². The first-order valence-electron chi connectivity index (χ1n) is 9.50. The van der Waals surface area contributed by atoms with Crippen LogP contribution in [0, 0.1) is 5.41 Å². The molecule has 0 aromatic heterocycles. The summed E-state index contributed by atoms with van der Waals surface area (Å²) in [7, 11) is 1.73. The van der Waals surface area contributed by atoms with E-state index < -0.39 is 11.5 Å². The summed E-state index contributed by atoms with van der Waals surface area (Å²) in [5, 5.41) is 13.5. The fourth-order valence-corrected chi connectivity index (χ4v) is 4.87. The fourth-order valence-electron chi connectivity index (χ4n) is 4.87. The van der Waals surface area contributed by atoms with Crippen LogP contribution in [0.5, 0.6) is 5.75 Å². The van der Waals surface area contributed by atoms with Gasteiger partial charge in [0, 0.05) is 31.7 Å². The molecule has 1 aromatic carbocycles. The van der Waals surface area contributed by atoms with Gasteiger partial charge in [0.05, 0.1) is 18.6 Å². The fraction of sp³-hybridized carbons (Fsp3) is 0.650. The van der Waals surface area contributed by atoms with Gasteiger partial charge in [-0.25, -0.2) is 0 Å². The number of nitrogens with one attached hydrogen (secondary N) is 1. The highest BCUT2D eigenvalue weighted by molar-refractivity contribution is 5.84. The third-order valence-electron chi connectivity index (χ3n) is 6.29. The van der Waals surface area contributed by atoms with E-state index in [1.54, 1.807) is 7.11 Å². The van der Waals surface area contributed by atoms with Crippen molar-refractivity contribution in [2.75, 3.05) is 26.7 Å². The van der Waals surface area contributed by atoms with E-state index in [0.717, 1.165) is 51.1 Å². The molecule has 136 valence electrons. The van der Waals surface area contributed by atoms with E-state index in [1.807, 2.05) is 0 Å². The van der Waals surface area contributed by atoms with E-state index in [0.29, 0.717) is 13.0 Å². The highest BCUT2D eigenvalue weighted by Crippen LogP contribution is 2.38. The summed E-state index contributed by atoms with van der Waals surface area (Å²) in [6.45, 7) is 2.95. The van der Waals surface area contributed by atoms with Crippen molar-refractivity contribution in [3.05, 3.63) is 28.8 Å². The van der Waals surface area contributed by atoms with Gasteiger partial charge in [0.25, 0.3) is 0 Å². The van der Waals surface area contributed by atoms with Crippen molar-refractivity contribution in [3.63, 3.8) is 0 Å². The molecule has 2 N–H and O–H groups in total. The van der Waals surface area contributed by atoms with Crippen LogP contribution in [0.1, 0.15) is 42.4 Å². The molecule has 2 fully saturated rings. The lowest BCUT2D eigenvalue weighted by Gasteiger charge is -2.47. The van der Waals surface area contributed by atoms with Crippen molar-refractivity contribution in [3.8, 4) is 5.75 Å². The number of carbonyl (C=O) groups excluding carboxylic acids is 1. The Balaban J connectivity index is 1.56. The number of ether oxygens (including phenoxy) is 1. The maximum absolute atomic E-state index is 12.5. The molecule has 2 aliphatic heterocycles. The molecule has 1 amide bonds. The van der Waals surface area contributed by atoms with E-state index in [9.17, 15) is 9.90 Å². The zero-order valence-corrected chi connectivity index (χ0v) is 15.0. The van der Waals surface area contributed by atoms with E-state index in [-0.39, 0.29) is 5.91 Å². The number of hydrogen-bond donors (Lipinski definition) is 2. The van der Waals surface area contributed by atoms with Crippen LogP contribution in [0.4, 0.5) is 0 Å². The SMILES string of the molecule is COc1cc2c(cc1CN1CC[C@@H](O)[C@@]3(CCCNC3=O)C1)CCC2. The maximum Gasteiger partial charge on any atom is 0.230 e. The number of aryl methyl sites for hydroxylation is 2. The molecule has 2 saturated heterocycles. The lowest BCUT2D eigenvalue weighted by molar-refractivity contribution is -0.149. The third kappa shape index (κ3) is 2.93. The summed E-state index contributed by atoms with van der Waals surface area (Å²) in [6.07, 6.45) is 5.35. The van der Waals surface area contributed by atoms with Crippen molar-refractivity contribution in [1.29, 1.82) is 0 Å². The van der Waals surface area contributed by atoms with Crippen LogP contribution in [0.2, 0.25) is 0 Å². The van der Waals surface area contributed by atoms with Gasteiger partial charge in [-0.15, -0.1) is 0 Å². The Labute approximate surface area is 149 Å². The Hall–Kier alpha value is -1.59. The van der Waals surface area contributed by atoms with Gasteiger partial charge < -0.3 is 15.2 Å². The van der Waals surface area contributed by atoms with Crippen molar-refractivity contribution in [2.45, 2.75) is 51.2 Å². The predicted octanol–water partition coefficient (Wildman–Crippen LogP) is 1.65. The quantitative estimate of drug-likeness (QED) is 0.875. The van der Waals surface area contributed by atoms with Gasteiger partial charge in [-0.05, 0) is 55.7 Å². The minimum atomic E-state index is -0.638. The van der Waals surface area contributed by atoms with Gasteiger partial charge in [0.1, 0.15) is 5.75 Å². The van der Waals surface area contributed by atoms with Crippen molar-refractivity contribution >= 4 is 5.91 Å². The molecule has 4 rings (SSSR count). The zero-order valence-electron chi connectivity index (χ0n) is 15.0. The second-order valence-electron chi connectivity index (χ2n) is 7.82. The number of carbonyl (C=O) groups is 1. The zero-order chi connectivity index (χ0) is 17.4. The Bertz CT molecular complexity index is 675. The molecule has 1 spiro atoms. The summed E-state index contributed by atoms with van der Waals surface area (Å²) >= 11 is 0. The van der Waals surface area contributed by atoms with Crippen LogP contribution in [0.15, 0.2) is 12.1 Å². The standard InChI is InChI=1S/C20H28N2O3/c1-25-17-11-15-5-2-4-14(15)10-16(17)12-22-9-6-18(23)20(13-22)7-3-8-21-19(20)24/h10-11,18,23H,2-9,12-13H2,1H3,(H,21,24)/t18-,20-/m1/s1. The number of methoxy groups -OCH3 is 1. The Morgan fingerprint density at radius 3 is 2.88 bits per heavy atom. The highest BCUT2D eigenvalue weighted by atomic mass is 16.5. The van der Waals surface area contributed by atoms with Crippen molar-refractivity contribution in [1.82, 2.24) is 10.2 Å². The molecule has 25 heavy (non-hydrogen) atoms. The minimum Gasteiger partial charge on any atom is -0.496 e. The second kappa shape index (κ2) is 6.61. The van der Waals surface area contributed by atoms with Crippen LogP contribution in [0.3, 0.4) is 0 Å². The molecular formula is C20H28N2O3. The number of aliphatic hydroxyl groups excluding tert-OH is 1. The van der Waals surface area contributed by atoms with Gasteiger partial charge in [-0.3, -0.25) is 9.69 Å². The molecule has 2 heterocycles. The maximum atomic E-state index is 12.5. The molecular weight excluding hydrogens is 316 g/mol. The largest absolute Gasteiger partial charge is 0.496 e. The summed E-state index contributed by atoms with van der Waals surface area (Å²) in [5.74, 6) is 0.978. The van der Waals surface area contributed by atoms with E-state index >= 15 is 0 Å². The van der Waals surface area contributed by atoms with Gasteiger partial charge in [-0.1, -0.05) is 6.07 Å². The Morgan fingerprint density at radius 2 is 2.12 bits per heavy atom. The Morgan fingerprint density at radius 1 is 1.32 bits per heavy atom. The first-order valence-corrected chi connectivity index (χ1v) is 9.50. The normalized spacial score (nSPS) is 29.5. The minimum absolute atomic E-state index is 0.0249. The molecule has 1 aromatic rings. The van der Waals surface area contributed by atoms with Gasteiger partial charge >= 0.3 is 0 Å². The summed E-state index contributed by atoms with van der Waals surface area (Å²) in [4.78, 5) is 14.8. The lowest BCUT2D eigenvalue weighted by atomic mass is 9.71.